The number of nitrogens with zero attached hydrogens (tertiary/aromatic N) is 1. The summed E-state index contributed by atoms with van der Waals surface area (Å²) in [5.74, 6) is 14.9. The highest BCUT2D eigenvalue weighted by molar-refractivity contribution is 7.12. The second-order valence-electron chi connectivity index (χ2n) is 15.9. The van der Waals surface area contributed by atoms with Crippen LogP contribution in [0.25, 0.3) is 0 Å². The molecule has 308 valence electrons. The molecule has 0 atom stereocenters. The van der Waals surface area contributed by atoms with Crippen LogP contribution in [0.3, 0.4) is 0 Å². The number of aromatic nitrogens is 1. The molecule has 0 amide bonds. The first-order chi connectivity index (χ1) is 27.7. The van der Waals surface area contributed by atoms with Gasteiger partial charge in [0.15, 0.2) is 5.01 Å². The quantitative estimate of drug-likeness (QED) is 0.0467. The van der Waals surface area contributed by atoms with Crippen molar-refractivity contribution in [3.05, 3.63) is 75.2 Å². The van der Waals surface area contributed by atoms with Gasteiger partial charge in [0.25, 0.3) is 0 Å². The predicted molar refractivity (Wildman–Crippen MR) is 243 cm³/mol. The van der Waals surface area contributed by atoms with E-state index in [2.05, 4.69) is 42.5 Å². The van der Waals surface area contributed by atoms with Gasteiger partial charge in [0.1, 0.15) is 16.4 Å². The van der Waals surface area contributed by atoms with E-state index < -0.39 is 0 Å². The van der Waals surface area contributed by atoms with Crippen LogP contribution in [0, 0.1) is 30.6 Å². The van der Waals surface area contributed by atoms with E-state index in [1.165, 1.54) is 167 Å². The van der Waals surface area contributed by atoms with Crippen molar-refractivity contribution in [3.8, 4) is 35.2 Å². The Morgan fingerprint density at radius 1 is 0.411 bits per heavy atom. The second kappa shape index (κ2) is 32.8. The van der Waals surface area contributed by atoms with Gasteiger partial charge >= 0.3 is 0 Å². The normalized spacial score (nSPS) is 10.8. The third-order valence-electron chi connectivity index (χ3n) is 10.7. The van der Waals surface area contributed by atoms with Gasteiger partial charge < -0.3 is 9.47 Å². The van der Waals surface area contributed by atoms with Gasteiger partial charge in [0, 0.05) is 11.1 Å². The van der Waals surface area contributed by atoms with Crippen molar-refractivity contribution in [1.29, 1.82) is 0 Å². The minimum absolute atomic E-state index is 0.781. The summed E-state index contributed by atoms with van der Waals surface area (Å²) in [6, 6.07) is 16.2. The fourth-order valence-electron chi connectivity index (χ4n) is 7.06. The van der Waals surface area contributed by atoms with Gasteiger partial charge in [-0.3, -0.25) is 0 Å². The molecule has 0 fully saturated rings. The van der Waals surface area contributed by atoms with Gasteiger partial charge in [0.2, 0.25) is 0 Å². The van der Waals surface area contributed by atoms with Crippen molar-refractivity contribution in [1.82, 2.24) is 4.98 Å². The summed E-state index contributed by atoms with van der Waals surface area (Å²) in [5.41, 5.74) is 2.86. The van der Waals surface area contributed by atoms with Gasteiger partial charge in [-0.15, -0.1) is 0 Å². The molecule has 2 aromatic carbocycles. The molecule has 3 nitrogen and oxygen atoms in total. The second-order valence-corrected chi connectivity index (χ2v) is 16.9. The molecule has 3 rings (SSSR count). The highest BCUT2D eigenvalue weighted by atomic mass is 32.1. The summed E-state index contributed by atoms with van der Waals surface area (Å²) in [4.78, 5) is 5.62. The third-order valence-corrected chi connectivity index (χ3v) is 11.7. The van der Waals surface area contributed by atoms with Gasteiger partial charge in [-0.25, -0.2) is 4.98 Å². The summed E-state index contributed by atoms with van der Waals surface area (Å²) in [6.07, 6.45) is 38.4. The van der Waals surface area contributed by atoms with Crippen LogP contribution < -0.4 is 9.47 Å². The zero-order valence-electron chi connectivity index (χ0n) is 36.0. The Labute approximate surface area is 348 Å². The topological polar surface area (TPSA) is 31.4 Å². The lowest BCUT2D eigenvalue weighted by Gasteiger charge is -2.06. The molecule has 0 spiro atoms. The van der Waals surface area contributed by atoms with Crippen LogP contribution in [0.2, 0.25) is 0 Å². The van der Waals surface area contributed by atoms with E-state index in [1.807, 2.05) is 55.5 Å². The Morgan fingerprint density at radius 3 is 1.09 bits per heavy atom. The van der Waals surface area contributed by atoms with E-state index in [1.54, 1.807) is 11.3 Å². The molecule has 0 saturated heterocycles. The van der Waals surface area contributed by atoms with E-state index in [4.69, 9.17) is 9.47 Å². The van der Waals surface area contributed by atoms with E-state index in [0.717, 1.165) is 64.3 Å². The van der Waals surface area contributed by atoms with Gasteiger partial charge in [0.05, 0.1) is 18.9 Å². The van der Waals surface area contributed by atoms with E-state index in [9.17, 15) is 0 Å². The van der Waals surface area contributed by atoms with Crippen LogP contribution in [-0.4, -0.2) is 18.2 Å². The molecule has 0 unspecified atom stereocenters. The number of hydrogen-bond acceptors (Lipinski definition) is 4. The average molecular weight is 780 g/mol. The first kappa shape index (κ1) is 47.2. The van der Waals surface area contributed by atoms with Crippen LogP contribution in [0.4, 0.5) is 0 Å². The molecule has 0 N–H and O–H groups in total. The SMILES string of the molecule is CCCCCCCCCCCCCCCCOc1ccc(C#Cc2nc(C)c(C#Cc3ccc(OCCCCCCCCCCCCCCCC)cc3)s2)cc1. The van der Waals surface area contributed by atoms with E-state index in [0.29, 0.717) is 0 Å². The fourth-order valence-corrected chi connectivity index (χ4v) is 7.84. The number of rotatable bonds is 32. The Bertz CT molecular complexity index is 1500. The van der Waals surface area contributed by atoms with Crippen LogP contribution >= 0.6 is 11.3 Å². The molecular formula is C52H77NO2S. The van der Waals surface area contributed by atoms with Crippen LogP contribution in [0.1, 0.15) is 220 Å². The zero-order chi connectivity index (χ0) is 39.6. The molecule has 0 saturated carbocycles. The predicted octanol–water partition coefficient (Wildman–Crippen LogP) is 16.0. The molecule has 0 bridgehead atoms. The maximum Gasteiger partial charge on any atom is 0.168 e. The van der Waals surface area contributed by atoms with Crippen molar-refractivity contribution in [3.63, 3.8) is 0 Å². The molecular weight excluding hydrogens is 703 g/mol. The Kier molecular flexibility index (Phi) is 27.7. The van der Waals surface area contributed by atoms with Crippen LogP contribution in [-0.2, 0) is 0 Å². The number of benzene rings is 2. The molecule has 0 aliphatic carbocycles. The zero-order valence-corrected chi connectivity index (χ0v) is 36.8. The van der Waals surface area contributed by atoms with E-state index in [-0.39, 0.29) is 0 Å². The molecule has 4 heteroatoms. The molecule has 0 radical (unpaired) electrons. The molecule has 1 heterocycles. The lowest BCUT2D eigenvalue weighted by atomic mass is 10.0. The highest BCUT2D eigenvalue weighted by Gasteiger charge is 2.04. The average Bonchev–Trinajstić information content (AvgIpc) is 3.58. The van der Waals surface area contributed by atoms with Crippen molar-refractivity contribution < 1.29 is 9.47 Å². The first-order valence-corrected chi connectivity index (χ1v) is 24.0. The van der Waals surface area contributed by atoms with Crippen molar-refractivity contribution >= 4 is 11.3 Å². The Hall–Kier alpha value is -3.21. The number of unbranched alkanes of at least 4 members (excludes halogenated alkanes) is 26. The van der Waals surface area contributed by atoms with Crippen LogP contribution in [0.15, 0.2) is 48.5 Å². The number of aryl methyl sites for hydroxylation is 1. The molecule has 3 aromatic rings. The lowest BCUT2D eigenvalue weighted by molar-refractivity contribution is 0.304. The molecule has 1 aromatic heterocycles. The third kappa shape index (κ3) is 23.8. The minimum atomic E-state index is 0.781. The number of hydrogen-bond donors (Lipinski definition) is 0. The minimum Gasteiger partial charge on any atom is -0.494 e. The fraction of sp³-hybridized carbons (Fsp3) is 0.635. The number of ether oxygens (including phenoxy) is 2. The highest BCUT2D eigenvalue weighted by Crippen LogP contribution is 2.19. The summed E-state index contributed by atoms with van der Waals surface area (Å²) in [7, 11) is 0. The summed E-state index contributed by atoms with van der Waals surface area (Å²) < 4.78 is 12.0. The Balaban J connectivity index is 1.22. The molecule has 56 heavy (non-hydrogen) atoms. The monoisotopic (exact) mass is 780 g/mol. The van der Waals surface area contributed by atoms with Crippen molar-refractivity contribution in [2.75, 3.05) is 13.2 Å². The lowest BCUT2D eigenvalue weighted by Crippen LogP contribution is -1.97. The van der Waals surface area contributed by atoms with Crippen LogP contribution in [0.5, 0.6) is 11.5 Å². The van der Waals surface area contributed by atoms with Crippen molar-refractivity contribution in [2.45, 2.75) is 201 Å². The Morgan fingerprint density at radius 2 is 0.732 bits per heavy atom. The maximum absolute atomic E-state index is 6.00. The van der Waals surface area contributed by atoms with E-state index >= 15 is 0 Å². The van der Waals surface area contributed by atoms with Gasteiger partial charge in [-0.05, 0) is 80.1 Å². The largest absolute Gasteiger partial charge is 0.494 e. The smallest absolute Gasteiger partial charge is 0.168 e. The summed E-state index contributed by atoms with van der Waals surface area (Å²) in [6.45, 7) is 8.15. The maximum atomic E-state index is 6.00. The van der Waals surface area contributed by atoms with Gasteiger partial charge in [-0.2, -0.15) is 0 Å². The molecule has 0 aliphatic heterocycles. The summed E-state index contributed by atoms with van der Waals surface area (Å²) in [5, 5.41) is 0.789. The standard InChI is InChI=1S/C52H77NO2S/c1-4-6-8-10-12-14-16-18-20-22-24-26-28-30-44-54-49-38-32-47(33-39-49)36-42-51-46(3)53-52(56-51)43-37-48-34-40-50(41-35-48)55-45-31-29-27-25-23-21-19-17-15-13-11-9-7-5-2/h32-35,38-41H,4-31,44-45H2,1-3H3. The number of thiazole rings is 1. The summed E-state index contributed by atoms with van der Waals surface area (Å²) >= 11 is 1.55. The molecule has 0 aliphatic rings. The first-order valence-electron chi connectivity index (χ1n) is 23.1. The van der Waals surface area contributed by atoms with Gasteiger partial charge in [-0.1, -0.05) is 204 Å². The van der Waals surface area contributed by atoms with Crippen molar-refractivity contribution in [2.24, 2.45) is 0 Å².